The number of hydrogen-bond donors (Lipinski definition) is 1. The Balaban J connectivity index is 1.56. The van der Waals surface area contributed by atoms with Crippen molar-refractivity contribution in [2.24, 2.45) is 0 Å². The number of carbonyl (C=O) groups excluding carboxylic acids is 1. The highest BCUT2D eigenvalue weighted by atomic mass is 16.5. The minimum Gasteiger partial charge on any atom is -0.489 e. The van der Waals surface area contributed by atoms with E-state index in [1.807, 2.05) is 78.9 Å². The predicted octanol–water partition coefficient (Wildman–Crippen LogP) is 6.04. The molecule has 0 aliphatic heterocycles. The van der Waals surface area contributed by atoms with Gasteiger partial charge in [-0.15, -0.1) is 0 Å². The van der Waals surface area contributed by atoms with E-state index in [4.69, 9.17) is 4.74 Å². The minimum absolute atomic E-state index is 0.141. The molecule has 3 nitrogen and oxygen atoms in total. The lowest BCUT2D eigenvalue weighted by Gasteiger charge is -2.12. The van der Waals surface area contributed by atoms with Crippen LogP contribution in [0.5, 0.6) is 5.75 Å². The molecule has 28 heavy (non-hydrogen) atoms. The number of rotatable bonds is 7. The summed E-state index contributed by atoms with van der Waals surface area (Å²) in [7, 11) is 0. The SMILES string of the molecule is CC(C)c1ccccc1NC(=O)/C=C/c1ccc(OCc2ccccc2)cc1. The van der Waals surface area contributed by atoms with Gasteiger partial charge in [0.15, 0.2) is 0 Å². The van der Waals surface area contributed by atoms with Crippen molar-refractivity contribution in [3.63, 3.8) is 0 Å². The first-order valence-electron chi connectivity index (χ1n) is 9.46. The number of nitrogens with one attached hydrogen (secondary N) is 1. The summed E-state index contributed by atoms with van der Waals surface area (Å²) < 4.78 is 5.78. The Labute approximate surface area is 166 Å². The van der Waals surface area contributed by atoms with Gasteiger partial charge < -0.3 is 10.1 Å². The van der Waals surface area contributed by atoms with Crippen molar-refractivity contribution in [1.82, 2.24) is 0 Å². The van der Waals surface area contributed by atoms with E-state index in [9.17, 15) is 4.79 Å². The fourth-order valence-electron chi connectivity index (χ4n) is 2.88. The van der Waals surface area contributed by atoms with Gasteiger partial charge in [-0.2, -0.15) is 0 Å². The third kappa shape index (κ3) is 5.58. The van der Waals surface area contributed by atoms with E-state index in [1.165, 1.54) is 0 Å². The van der Waals surface area contributed by atoms with Gasteiger partial charge in [0.05, 0.1) is 0 Å². The first-order chi connectivity index (χ1) is 13.6. The molecule has 3 aromatic rings. The number of benzene rings is 3. The zero-order valence-electron chi connectivity index (χ0n) is 16.3. The van der Waals surface area contributed by atoms with Crippen LogP contribution in [0.25, 0.3) is 6.08 Å². The van der Waals surface area contributed by atoms with Crippen LogP contribution in [0, 0.1) is 0 Å². The topological polar surface area (TPSA) is 38.3 Å². The van der Waals surface area contributed by atoms with Gasteiger partial charge in [-0.3, -0.25) is 4.79 Å². The Morgan fingerprint density at radius 2 is 1.61 bits per heavy atom. The molecule has 0 bridgehead atoms. The van der Waals surface area contributed by atoms with Crippen LogP contribution in [0.3, 0.4) is 0 Å². The van der Waals surface area contributed by atoms with E-state index in [1.54, 1.807) is 12.2 Å². The number of carbonyl (C=O) groups is 1. The molecule has 0 unspecified atom stereocenters. The van der Waals surface area contributed by atoms with Crippen LogP contribution in [0.2, 0.25) is 0 Å². The summed E-state index contributed by atoms with van der Waals surface area (Å²) in [5.41, 5.74) is 4.06. The first-order valence-corrected chi connectivity index (χ1v) is 9.46. The Kier molecular flexibility index (Phi) is 6.64. The van der Waals surface area contributed by atoms with Crippen molar-refractivity contribution >= 4 is 17.7 Å². The average molecular weight is 371 g/mol. The summed E-state index contributed by atoms with van der Waals surface area (Å²) in [6.45, 7) is 4.76. The van der Waals surface area contributed by atoms with Gasteiger partial charge >= 0.3 is 0 Å². The van der Waals surface area contributed by atoms with Gasteiger partial charge in [0.1, 0.15) is 12.4 Å². The second kappa shape index (κ2) is 9.56. The predicted molar refractivity (Wildman–Crippen MR) is 115 cm³/mol. The summed E-state index contributed by atoms with van der Waals surface area (Å²) in [6.07, 6.45) is 3.35. The normalized spacial score (nSPS) is 11.0. The van der Waals surface area contributed by atoms with Crippen LogP contribution in [0.4, 0.5) is 5.69 Å². The molecule has 142 valence electrons. The van der Waals surface area contributed by atoms with E-state index >= 15 is 0 Å². The van der Waals surface area contributed by atoms with Crippen LogP contribution in [-0.2, 0) is 11.4 Å². The van der Waals surface area contributed by atoms with Crippen LogP contribution >= 0.6 is 0 Å². The zero-order chi connectivity index (χ0) is 19.8. The summed E-state index contributed by atoms with van der Waals surface area (Å²) in [6, 6.07) is 25.6. The van der Waals surface area contributed by atoms with Gasteiger partial charge in [-0.25, -0.2) is 0 Å². The molecule has 3 heteroatoms. The lowest BCUT2D eigenvalue weighted by Crippen LogP contribution is -2.10. The minimum atomic E-state index is -0.141. The summed E-state index contributed by atoms with van der Waals surface area (Å²) >= 11 is 0. The molecule has 1 amide bonds. The zero-order valence-corrected chi connectivity index (χ0v) is 16.3. The third-order valence-corrected chi connectivity index (χ3v) is 4.40. The Morgan fingerprint density at radius 3 is 2.32 bits per heavy atom. The highest BCUT2D eigenvalue weighted by molar-refractivity contribution is 6.02. The molecule has 1 N–H and O–H groups in total. The molecule has 0 atom stereocenters. The quantitative estimate of drug-likeness (QED) is 0.514. The van der Waals surface area contributed by atoms with E-state index in [0.29, 0.717) is 12.5 Å². The maximum absolute atomic E-state index is 12.3. The lowest BCUT2D eigenvalue weighted by atomic mass is 10.0. The maximum atomic E-state index is 12.3. The Morgan fingerprint density at radius 1 is 0.929 bits per heavy atom. The molecular formula is C25H25NO2. The molecule has 0 aliphatic carbocycles. The summed E-state index contributed by atoms with van der Waals surface area (Å²) in [5, 5.41) is 2.96. The molecule has 0 fully saturated rings. The van der Waals surface area contributed by atoms with E-state index < -0.39 is 0 Å². The highest BCUT2D eigenvalue weighted by Crippen LogP contribution is 2.23. The second-order valence-corrected chi connectivity index (χ2v) is 6.91. The molecular weight excluding hydrogens is 346 g/mol. The highest BCUT2D eigenvalue weighted by Gasteiger charge is 2.07. The lowest BCUT2D eigenvalue weighted by molar-refractivity contribution is -0.111. The Bertz CT molecular complexity index is 928. The van der Waals surface area contributed by atoms with Gasteiger partial charge in [-0.1, -0.05) is 74.5 Å². The van der Waals surface area contributed by atoms with E-state index in [0.717, 1.165) is 28.1 Å². The third-order valence-electron chi connectivity index (χ3n) is 4.40. The van der Waals surface area contributed by atoms with Crippen LogP contribution in [0.15, 0.2) is 84.9 Å². The standard InChI is InChI=1S/C25H25NO2/c1-19(2)23-10-6-7-11-24(23)26-25(27)17-14-20-12-15-22(16-13-20)28-18-21-8-4-3-5-9-21/h3-17,19H,18H2,1-2H3,(H,26,27)/b17-14+. The second-order valence-electron chi connectivity index (χ2n) is 6.91. The number of ether oxygens (including phenoxy) is 1. The fraction of sp³-hybridized carbons (Fsp3) is 0.160. The smallest absolute Gasteiger partial charge is 0.248 e. The molecule has 0 spiro atoms. The van der Waals surface area contributed by atoms with Crippen molar-refractivity contribution in [3.8, 4) is 5.75 Å². The fourth-order valence-corrected chi connectivity index (χ4v) is 2.88. The van der Waals surface area contributed by atoms with Gasteiger partial charge in [-0.05, 0) is 46.9 Å². The molecule has 0 saturated heterocycles. The number of hydrogen-bond acceptors (Lipinski definition) is 2. The number of para-hydroxylation sites is 1. The van der Waals surface area contributed by atoms with Gasteiger partial charge in [0.2, 0.25) is 5.91 Å². The largest absolute Gasteiger partial charge is 0.489 e. The van der Waals surface area contributed by atoms with Crippen LogP contribution in [0.1, 0.15) is 36.5 Å². The maximum Gasteiger partial charge on any atom is 0.248 e. The van der Waals surface area contributed by atoms with E-state index in [2.05, 4.69) is 19.2 Å². The first kappa shape index (κ1) is 19.4. The average Bonchev–Trinajstić information content (AvgIpc) is 2.72. The molecule has 0 aromatic heterocycles. The molecule has 3 rings (SSSR count). The van der Waals surface area contributed by atoms with Crippen molar-refractivity contribution in [3.05, 3.63) is 102 Å². The van der Waals surface area contributed by atoms with Gasteiger partial charge in [0, 0.05) is 11.8 Å². The summed E-state index contributed by atoms with van der Waals surface area (Å²) in [4.78, 5) is 12.3. The number of anilines is 1. The Hall–Kier alpha value is -3.33. The van der Waals surface area contributed by atoms with Crippen LogP contribution in [-0.4, -0.2) is 5.91 Å². The molecule has 0 heterocycles. The van der Waals surface area contributed by atoms with Gasteiger partial charge in [0.25, 0.3) is 0 Å². The van der Waals surface area contributed by atoms with Crippen molar-refractivity contribution in [2.75, 3.05) is 5.32 Å². The van der Waals surface area contributed by atoms with Crippen molar-refractivity contribution in [1.29, 1.82) is 0 Å². The summed E-state index contributed by atoms with van der Waals surface area (Å²) in [5.74, 6) is 1.01. The molecule has 0 saturated carbocycles. The molecule has 0 radical (unpaired) electrons. The van der Waals surface area contributed by atoms with Crippen LogP contribution < -0.4 is 10.1 Å². The van der Waals surface area contributed by atoms with Crippen molar-refractivity contribution in [2.45, 2.75) is 26.4 Å². The number of amides is 1. The monoisotopic (exact) mass is 371 g/mol. The molecule has 3 aromatic carbocycles. The molecule has 0 aliphatic rings. The van der Waals surface area contributed by atoms with E-state index in [-0.39, 0.29) is 5.91 Å². The van der Waals surface area contributed by atoms with Crippen molar-refractivity contribution < 1.29 is 9.53 Å².